The number of carbonyl (C=O) groups is 4. The third-order valence-corrected chi connectivity index (χ3v) is 10.8. The first-order valence-electron chi connectivity index (χ1n) is 13.2. The van der Waals surface area contributed by atoms with E-state index in [0.29, 0.717) is 27.8 Å². The summed E-state index contributed by atoms with van der Waals surface area (Å²) < 4.78 is 32.7. The first kappa shape index (κ1) is 32.9. The molecule has 44 heavy (non-hydrogen) atoms. The topological polar surface area (TPSA) is 200 Å². The zero-order chi connectivity index (χ0) is 32.0. The van der Waals surface area contributed by atoms with Crippen molar-refractivity contribution in [2.75, 3.05) is 37.3 Å². The average molecular weight is 711 g/mol. The molecule has 0 bridgehead atoms. The van der Waals surface area contributed by atoms with Gasteiger partial charge in [0.2, 0.25) is 10.0 Å². The number of ether oxygens (including phenoxy) is 1. The van der Waals surface area contributed by atoms with Crippen LogP contribution in [0, 0.1) is 0 Å². The Kier molecular flexibility index (Phi) is 10.6. The zero-order valence-electron chi connectivity index (χ0n) is 23.0. The molecular weight excluding hydrogens is 682 g/mol. The summed E-state index contributed by atoms with van der Waals surface area (Å²) in [5.74, 6) is -4.80. The second-order valence-corrected chi connectivity index (χ2v) is 13.6. The van der Waals surface area contributed by atoms with Gasteiger partial charge in [0, 0.05) is 31.4 Å². The van der Waals surface area contributed by atoms with E-state index in [1.54, 1.807) is 12.1 Å². The Labute approximate surface area is 264 Å². The minimum absolute atomic E-state index is 0.0419. The molecule has 0 aliphatic carbocycles. The van der Waals surface area contributed by atoms with Crippen molar-refractivity contribution in [1.29, 1.82) is 0 Å². The number of nitrogens with zero attached hydrogens (tertiary/aromatic N) is 1. The number of aromatic carboxylic acids is 2. The van der Waals surface area contributed by atoms with E-state index >= 15 is 0 Å². The summed E-state index contributed by atoms with van der Waals surface area (Å²) in [6.45, 7) is -0.345. The first-order chi connectivity index (χ1) is 20.9. The van der Waals surface area contributed by atoms with Crippen molar-refractivity contribution in [2.45, 2.75) is 18.9 Å². The van der Waals surface area contributed by atoms with Crippen molar-refractivity contribution in [2.24, 2.45) is 0 Å². The second kappa shape index (κ2) is 14.2. The maximum atomic E-state index is 12.9. The number of sulfonamides is 1. The maximum Gasteiger partial charge on any atom is 0.349 e. The van der Waals surface area contributed by atoms with Gasteiger partial charge in [0.05, 0.1) is 26.2 Å². The van der Waals surface area contributed by atoms with Gasteiger partial charge in [-0.3, -0.25) is 4.79 Å². The Balaban J connectivity index is 1.33. The summed E-state index contributed by atoms with van der Waals surface area (Å²) in [4.78, 5) is 46.9. The molecule has 1 aliphatic rings. The lowest BCUT2D eigenvalue weighted by atomic mass is 10.1. The van der Waals surface area contributed by atoms with E-state index in [9.17, 15) is 37.8 Å². The summed E-state index contributed by atoms with van der Waals surface area (Å²) in [5, 5.41) is 33.7. The lowest BCUT2D eigenvalue weighted by Crippen LogP contribution is -2.44. The number of rotatable bonds is 13. The highest BCUT2D eigenvalue weighted by atomic mass is 79.9. The zero-order valence-corrected chi connectivity index (χ0v) is 26.2. The fourth-order valence-electron chi connectivity index (χ4n) is 4.63. The molecule has 4 rings (SSSR count). The summed E-state index contributed by atoms with van der Waals surface area (Å²) in [7, 11) is -3.68. The number of nitrogens with one attached hydrogen (secondary N) is 2. The molecule has 5 N–H and O–H groups in total. The largest absolute Gasteiger partial charge is 0.479 e. The predicted molar refractivity (Wildman–Crippen MR) is 165 cm³/mol. The van der Waals surface area contributed by atoms with Crippen molar-refractivity contribution in [3.8, 4) is 16.2 Å². The lowest BCUT2D eigenvalue weighted by molar-refractivity contribution is -0.139. The summed E-state index contributed by atoms with van der Waals surface area (Å²) >= 11 is 4.30. The number of anilines is 1. The molecule has 1 amide bonds. The summed E-state index contributed by atoms with van der Waals surface area (Å²) in [6, 6.07) is 12.9. The molecule has 0 saturated carbocycles. The van der Waals surface area contributed by atoms with Crippen LogP contribution >= 0.6 is 27.3 Å². The molecule has 2 aromatic carbocycles. The van der Waals surface area contributed by atoms with E-state index in [4.69, 9.17) is 9.84 Å². The van der Waals surface area contributed by atoms with Gasteiger partial charge in [-0.05, 0) is 58.6 Å². The van der Waals surface area contributed by atoms with Crippen LogP contribution in [0.3, 0.4) is 0 Å². The maximum absolute atomic E-state index is 12.9. The molecule has 13 nitrogen and oxygen atoms in total. The number of benzene rings is 2. The van der Waals surface area contributed by atoms with Crippen LogP contribution in [0.2, 0.25) is 0 Å². The number of aliphatic carboxylic acids is 1. The van der Waals surface area contributed by atoms with Gasteiger partial charge in [0.25, 0.3) is 5.91 Å². The molecule has 1 fully saturated rings. The minimum atomic E-state index is -3.68. The van der Waals surface area contributed by atoms with Gasteiger partial charge < -0.3 is 30.7 Å². The van der Waals surface area contributed by atoms with Gasteiger partial charge in [-0.1, -0.05) is 24.3 Å². The smallest absolute Gasteiger partial charge is 0.349 e. The van der Waals surface area contributed by atoms with E-state index in [1.807, 2.05) is 12.1 Å². The summed E-state index contributed by atoms with van der Waals surface area (Å²) in [6.07, 6.45) is 1.03. The number of halogens is 1. The Morgan fingerprint density at radius 2 is 1.66 bits per heavy atom. The SMILES string of the molecule is O=C(O)COc1c(C(=O)O)sc(-c2cccc(NC3CCN(S(=O)(=O)CCNC(=O)c4ccccc4C(=O)O)CC3)c2)c1Br. The van der Waals surface area contributed by atoms with E-state index in [0.717, 1.165) is 17.0 Å². The van der Waals surface area contributed by atoms with E-state index in [2.05, 4.69) is 26.6 Å². The van der Waals surface area contributed by atoms with Crippen molar-refractivity contribution in [1.82, 2.24) is 9.62 Å². The van der Waals surface area contributed by atoms with Gasteiger partial charge in [-0.25, -0.2) is 27.1 Å². The Hall–Kier alpha value is -3.99. The molecule has 3 aromatic rings. The standard InChI is InChI=1S/C28H28BrN3O10S2/c29-22-23(42-15-21(33)34)25(28(38)39)43-24(22)16-4-3-5-18(14-16)31-17-8-11-32(12-9-17)44(40,41)13-10-30-26(35)19-6-1-2-7-20(19)27(36)37/h1-7,14,17,31H,8-13,15H2,(H,30,35)(H,33,34)(H,36,37)(H,38,39). The van der Waals surface area contributed by atoms with Crippen LogP contribution < -0.4 is 15.4 Å². The third kappa shape index (κ3) is 7.93. The van der Waals surface area contributed by atoms with Crippen molar-refractivity contribution in [3.63, 3.8) is 0 Å². The fraction of sp³-hybridized carbons (Fsp3) is 0.286. The molecule has 234 valence electrons. The molecule has 1 saturated heterocycles. The molecule has 0 atom stereocenters. The highest BCUT2D eigenvalue weighted by molar-refractivity contribution is 9.10. The van der Waals surface area contributed by atoms with Gasteiger partial charge in [0.15, 0.2) is 17.2 Å². The van der Waals surface area contributed by atoms with Gasteiger partial charge >= 0.3 is 17.9 Å². The summed E-state index contributed by atoms with van der Waals surface area (Å²) in [5.41, 5.74) is 1.19. The van der Waals surface area contributed by atoms with Crippen LogP contribution in [0.1, 0.15) is 43.2 Å². The lowest BCUT2D eigenvalue weighted by Gasteiger charge is -2.32. The molecule has 1 aliphatic heterocycles. The van der Waals surface area contributed by atoms with Crippen molar-refractivity contribution in [3.05, 3.63) is 69.0 Å². The molecule has 2 heterocycles. The number of carbonyl (C=O) groups excluding carboxylic acids is 1. The van der Waals surface area contributed by atoms with Crippen LogP contribution in [0.15, 0.2) is 53.0 Å². The highest BCUT2D eigenvalue weighted by Gasteiger charge is 2.29. The second-order valence-electron chi connectivity index (χ2n) is 9.71. The predicted octanol–water partition coefficient (Wildman–Crippen LogP) is 3.67. The van der Waals surface area contributed by atoms with Crippen LogP contribution in [-0.2, 0) is 14.8 Å². The van der Waals surface area contributed by atoms with E-state index in [-0.39, 0.29) is 53.2 Å². The first-order valence-corrected chi connectivity index (χ1v) is 16.4. The molecule has 0 spiro atoms. The monoisotopic (exact) mass is 709 g/mol. The van der Waals surface area contributed by atoms with Crippen molar-refractivity contribution >= 4 is 66.8 Å². The molecule has 0 unspecified atom stereocenters. The Morgan fingerprint density at radius 1 is 0.977 bits per heavy atom. The normalized spacial score (nSPS) is 14.1. The molecule has 16 heteroatoms. The van der Waals surface area contributed by atoms with Crippen LogP contribution in [0.4, 0.5) is 5.69 Å². The Morgan fingerprint density at radius 3 is 2.30 bits per heavy atom. The van der Waals surface area contributed by atoms with E-state index < -0.39 is 40.4 Å². The Bertz CT molecular complexity index is 1680. The quantitative estimate of drug-likeness (QED) is 0.173. The van der Waals surface area contributed by atoms with Gasteiger partial charge in [0.1, 0.15) is 0 Å². The number of carboxylic acids is 3. The molecule has 1 aromatic heterocycles. The highest BCUT2D eigenvalue weighted by Crippen LogP contribution is 2.46. The van der Waals surface area contributed by atoms with Crippen LogP contribution in [0.5, 0.6) is 5.75 Å². The molecule has 0 radical (unpaired) electrons. The third-order valence-electron chi connectivity index (χ3n) is 6.73. The van der Waals surface area contributed by atoms with E-state index in [1.165, 1.54) is 28.6 Å². The molecular formula is C28H28BrN3O10S2. The van der Waals surface area contributed by atoms with Crippen LogP contribution in [-0.4, -0.2) is 89.9 Å². The fourth-order valence-corrected chi connectivity index (χ4v) is 7.91. The van der Waals surface area contributed by atoms with Crippen LogP contribution in [0.25, 0.3) is 10.4 Å². The number of piperidine rings is 1. The number of hydrogen-bond donors (Lipinski definition) is 5. The number of carboxylic acid groups (broad SMARTS) is 3. The van der Waals surface area contributed by atoms with Gasteiger partial charge in [-0.2, -0.15) is 0 Å². The number of hydrogen-bond acceptors (Lipinski definition) is 9. The average Bonchev–Trinajstić information content (AvgIpc) is 3.32. The number of amides is 1. The minimum Gasteiger partial charge on any atom is -0.479 e. The van der Waals surface area contributed by atoms with Gasteiger partial charge in [-0.15, -0.1) is 11.3 Å². The number of thiophene rings is 1. The van der Waals surface area contributed by atoms with Crippen molar-refractivity contribution < 1.29 is 47.7 Å².